The van der Waals surface area contributed by atoms with Gasteiger partial charge in [-0.05, 0) is 43.4 Å². The summed E-state index contributed by atoms with van der Waals surface area (Å²) in [6.07, 6.45) is 3.83. The van der Waals surface area contributed by atoms with Crippen LogP contribution in [0.3, 0.4) is 0 Å². The summed E-state index contributed by atoms with van der Waals surface area (Å²) in [4.78, 5) is 22.5. The normalized spacial score (nSPS) is 12.8. The largest absolute Gasteiger partial charge is 0.481 e. The first-order valence-electron chi connectivity index (χ1n) is 7.11. The lowest BCUT2D eigenvalue weighted by Crippen LogP contribution is -2.29. The molecule has 0 aromatic carbocycles. The highest BCUT2D eigenvalue weighted by molar-refractivity contribution is 5.91. The zero-order chi connectivity index (χ0) is 15.8. The van der Waals surface area contributed by atoms with Crippen LogP contribution in [0.4, 0.5) is 0 Å². The summed E-state index contributed by atoms with van der Waals surface area (Å²) < 4.78 is 5.32. The molecule has 1 unspecified atom stereocenters. The lowest BCUT2D eigenvalue weighted by molar-refractivity contribution is -0.138. The molecule has 116 valence electrons. The van der Waals surface area contributed by atoms with Crippen LogP contribution in [-0.4, -0.2) is 23.5 Å². The van der Waals surface area contributed by atoms with Crippen molar-refractivity contribution in [3.8, 4) is 0 Å². The van der Waals surface area contributed by atoms with E-state index in [1.165, 1.54) is 6.08 Å². The summed E-state index contributed by atoms with van der Waals surface area (Å²) in [5, 5.41) is 11.6. The molecule has 0 spiro atoms. The van der Waals surface area contributed by atoms with E-state index in [0.29, 0.717) is 18.2 Å². The molecule has 1 heterocycles. The van der Waals surface area contributed by atoms with Crippen LogP contribution in [0.5, 0.6) is 0 Å². The van der Waals surface area contributed by atoms with E-state index >= 15 is 0 Å². The number of carboxylic acids is 1. The van der Waals surface area contributed by atoms with Crippen molar-refractivity contribution in [2.45, 2.75) is 33.6 Å². The Kier molecular flexibility index (Phi) is 6.72. The van der Waals surface area contributed by atoms with E-state index in [-0.39, 0.29) is 18.2 Å². The second kappa shape index (κ2) is 8.29. The molecular weight excluding hydrogens is 270 g/mol. The summed E-state index contributed by atoms with van der Waals surface area (Å²) in [6, 6.07) is 3.61. The number of amides is 1. The molecule has 1 rings (SSSR count). The SMILES string of the molecule is Cc1ccc(C=CC(=O)NCC(CC(=O)O)CC(C)C)o1. The molecule has 1 atom stereocenters. The van der Waals surface area contributed by atoms with Crippen molar-refractivity contribution in [3.05, 3.63) is 29.7 Å². The maximum Gasteiger partial charge on any atom is 0.303 e. The third-order valence-corrected chi connectivity index (χ3v) is 2.99. The van der Waals surface area contributed by atoms with Crippen LogP contribution < -0.4 is 5.32 Å². The minimum Gasteiger partial charge on any atom is -0.481 e. The van der Waals surface area contributed by atoms with Crippen molar-refractivity contribution in [2.24, 2.45) is 11.8 Å². The van der Waals surface area contributed by atoms with Gasteiger partial charge >= 0.3 is 5.97 Å². The van der Waals surface area contributed by atoms with Gasteiger partial charge in [0.2, 0.25) is 5.91 Å². The van der Waals surface area contributed by atoms with Crippen LogP contribution in [0.2, 0.25) is 0 Å². The number of nitrogens with one attached hydrogen (secondary N) is 1. The lowest BCUT2D eigenvalue weighted by atomic mass is 9.94. The van der Waals surface area contributed by atoms with Crippen molar-refractivity contribution < 1.29 is 19.1 Å². The van der Waals surface area contributed by atoms with Crippen LogP contribution >= 0.6 is 0 Å². The van der Waals surface area contributed by atoms with E-state index in [1.807, 2.05) is 26.8 Å². The first-order chi connectivity index (χ1) is 9.86. The third-order valence-electron chi connectivity index (χ3n) is 2.99. The highest BCUT2D eigenvalue weighted by Crippen LogP contribution is 2.14. The number of carboxylic acid groups (broad SMARTS) is 1. The van der Waals surface area contributed by atoms with Crippen molar-refractivity contribution in [3.63, 3.8) is 0 Å². The Morgan fingerprint density at radius 1 is 1.38 bits per heavy atom. The minimum absolute atomic E-state index is 0.0503. The zero-order valence-electron chi connectivity index (χ0n) is 12.8. The molecule has 0 aliphatic rings. The molecule has 0 saturated carbocycles. The van der Waals surface area contributed by atoms with Gasteiger partial charge in [-0.3, -0.25) is 9.59 Å². The molecule has 1 amide bonds. The fourth-order valence-electron chi connectivity index (χ4n) is 2.16. The second-order valence-electron chi connectivity index (χ2n) is 5.62. The quantitative estimate of drug-likeness (QED) is 0.722. The Labute approximate surface area is 125 Å². The molecule has 21 heavy (non-hydrogen) atoms. The predicted octanol–water partition coefficient (Wildman–Crippen LogP) is 2.85. The van der Waals surface area contributed by atoms with Crippen LogP contribution in [0.1, 0.15) is 38.2 Å². The monoisotopic (exact) mass is 293 g/mol. The molecule has 5 heteroatoms. The van der Waals surface area contributed by atoms with E-state index in [9.17, 15) is 9.59 Å². The number of hydrogen-bond donors (Lipinski definition) is 2. The smallest absolute Gasteiger partial charge is 0.303 e. The topological polar surface area (TPSA) is 79.5 Å². The zero-order valence-corrected chi connectivity index (χ0v) is 12.8. The average Bonchev–Trinajstić information content (AvgIpc) is 2.78. The van der Waals surface area contributed by atoms with Gasteiger partial charge in [-0.15, -0.1) is 0 Å². The summed E-state index contributed by atoms with van der Waals surface area (Å²) in [7, 11) is 0. The molecule has 0 aliphatic carbocycles. The van der Waals surface area contributed by atoms with Crippen molar-refractivity contribution in [2.75, 3.05) is 6.54 Å². The lowest BCUT2D eigenvalue weighted by Gasteiger charge is -2.17. The summed E-state index contributed by atoms with van der Waals surface area (Å²) in [6.45, 7) is 6.27. The number of aliphatic carboxylic acids is 1. The van der Waals surface area contributed by atoms with Crippen LogP contribution in [0.25, 0.3) is 6.08 Å². The molecule has 1 aromatic rings. The Morgan fingerprint density at radius 2 is 2.10 bits per heavy atom. The maximum absolute atomic E-state index is 11.7. The van der Waals surface area contributed by atoms with Gasteiger partial charge in [-0.25, -0.2) is 0 Å². The Balaban J connectivity index is 2.45. The van der Waals surface area contributed by atoms with E-state index in [4.69, 9.17) is 9.52 Å². The van der Waals surface area contributed by atoms with E-state index < -0.39 is 5.97 Å². The molecule has 0 aliphatic heterocycles. The summed E-state index contributed by atoms with van der Waals surface area (Å²) in [5.74, 6) is 0.665. The molecule has 0 bridgehead atoms. The molecular formula is C16H23NO4. The van der Waals surface area contributed by atoms with Gasteiger partial charge in [0.1, 0.15) is 11.5 Å². The number of hydrogen-bond acceptors (Lipinski definition) is 3. The van der Waals surface area contributed by atoms with E-state index in [0.717, 1.165) is 12.2 Å². The fourth-order valence-corrected chi connectivity index (χ4v) is 2.16. The highest BCUT2D eigenvalue weighted by Gasteiger charge is 2.15. The standard InChI is InChI=1S/C16H23NO4/c1-11(2)8-13(9-16(19)20)10-17-15(18)7-6-14-5-4-12(3)21-14/h4-7,11,13H,8-10H2,1-3H3,(H,17,18)(H,19,20). The summed E-state index contributed by atoms with van der Waals surface area (Å²) in [5.41, 5.74) is 0. The first kappa shape index (κ1) is 17.0. The number of furan rings is 1. The number of aryl methyl sites for hydroxylation is 1. The fraction of sp³-hybridized carbons (Fsp3) is 0.500. The highest BCUT2D eigenvalue weighted by atomic mass is 16.4. The molecule has 0 fully saturated rings. The first-order valence-corrected chi connectivity index (χ1v) is 7.11. The minimum atomic E-state index is -0.837. The molecule has 0 saturated heterocycles. The van der Waals surface area contributed by atoms with Crippen molar-refractivity contribution in [1.29, 1.82) is 0 Å². The molecule has 1 aromatic heterocycles. The van der Waals surface area contributed by atoms with Gasteiger partial charge < -0.3 is 14.8 Å². The van der Waals surface area contributed by atoms with E-state index in [2.05, 4.69) is 5.32 Å². The van der Waals surface area contributed by atoms with Crippen molar-refractivity contribution >= 4 is 18.0 Å². The van der Waals surface area contributed by atoms with Crippen LogP contribution in [-0.2, 0) is 9.59 Å². The van der Waals surface area contributed by atoms with Crippen LogP contribution in [0, 0.1) is 18.8 Å². The second-order valence-corrected chi connectivity index (χ2v) is 5.62. The third kappa shape index (κ3) is 7.34. The molecule has 2 N–H and O–H groups in total. The van der Waals surface area contributed by atoms with Gasteiger partial charge in [-0.1, -0.05) is 13.8 Å². The maximum atomic E-state index is 11.7. The van der Waals surface area contributed by atoms with Gasteiger partial charge in [0.25, 0.3) is 0 Å². The van der Waals surface area contributed by atoms with Gasteiger partial charge in [0, 0.05) is 19.0 Å². The van der Waals surface area contributed by atoms with Crippen LogP contribution in [0.15, 0.2) is 22.6 Å². The van der Waals surface area contributed by atoms with Crippen molar-refractivity contribution in [1.82, 2.24) is 5.32 Å². The van der Waals surface area contributed by atoms with E-state index in [1.54, 1.807) is 12.1 Å². The molecule has 0 radical (unpaired) electrons. The predicted molar refractivity (Wildman–Crippen MR) is 80.7 cm³/mol. The summed E-state index contributed by atoms with van der Waals surface area (Å²) >= 11 is 0. The van der Waals surface area contributed by atoms with Gasteiger partial charge in [-0.2, -0.15) is 0 Å². The average molecular weight is 293 g/mol. The van der Waals surface area contributed by atoms with Gasteiger partial charge in [0.15, 0.2) is 0 Å². The molecule has 5 nitrogen and oxygen atoms in total. The Morgan fingerprint density at radius 3 is 2.62 bits per heavy atom. The Bertz CT molecular complexity index is 502. The number of carbonyl (C=O) groups excluding carboxylic acids is 1. The van der Waals surface area contributed by atoms with Gasteiger partial charge in [0.05, 0.1) is 0 Å². The number of rotatable bonds is 8. The Hall–Kier alpha value is -2.04. The number of carbonyl (C=O) groups is 2.